The van der Waals surface area contributed by atoms with Gasteiger partial charge < -0.3 is 20.4 Å². The third-order valence-corrected chi connectivity index (χ3v) is 4.42. The highest BCUT2D eigenvalue weighted by Crippen LogP contribution is 2.43. The van der Waals surface area contributed by atoms with Crippen LogP contribution in [0.3, 0.4) is 0 Å². The molecule has 24 heavy (non-hydrogen) atoms. The van der Waals surface area contributed by atoms with Gasteiger partial charge in [-0.15, -0.1) is 0 Å². The monoisotopic (exact) mass is 330 g/mol. The Kier molecular flexibility index (Phi) is 4.73. The zero-order valence-electron chi connectivity index (χ0n) is 13.0. The van der Waals surface area contributed by atoms with E-state index in [1.807, 2.05) is 0 Å². The van der Waals surface area contributed by atoms with Crippen LogP contribution < -0.4 is 0 Å². The van der Waals surface area contributed by atoms with Crippen LogP contribution in [0.4, 0.5) is 0 Å². The molecule has 0 saturated carbocycles. The van der Waals surface area contributed by atoms with Gasteiger partial charge in [-0.3, -0.25) is 0 Å². The Morgan fingerprint density at radius 3 is 1.54 bits per heavy atom. The maximum absolute atomic E-state index is 11.9. The fourth-order valence-corrected chi connectivity index (χ4v) is 2.93. The SMILES string of the molecule is CC(c1ccccc1)(c1ccccc1)C(O)(C(=O)O)C(O)C(=O)O. The molecule has 2 unspecified atom stereocenters. The number of carboxylic acids is 2. The normalized spacial score (nSPS) is 15.3. The summed E-state index contributed by atoms with van der Waals surface area (Å²) in [5.74, 6) is -3.65. The zero-order chi connectivity index (χ0) is 18.0. The molecule has 0 fully saturated rings. The van der Waals surface area contributed by atoms with Gasteiger partial charge in [0.1, 0.15) is 0 Å². The van der Waals surface area contributed by atoms with Crippen molar-refractivity contribution in [1.82, 2.24) is 0 Å². The van der Waals surface area contributed by atoms with E-state index >= 15 is 0 Å². The van der Waals surface area contributed by atoms with Gasteiger partial charge in [0.25, 0.3) is 0 Å². The minimum atomic E-state index is -2.98. The van der Waals surface area contributed by atoms with Gasteiger partial charge in [-0.25, -0.2) is 9.59 Å². The summed E-state index contributed by atoms with van der Waals surface area (Å²) in [6.45, 7) is 1.40. The molecule has 0 heterocycles. The molecule has 0 aromatic heterocycles. The number of hydrogen-bond acceptors (Lipinski definition) is 4. The topological polar surface area (TPSA) is 115 Å². The molecule has 126 valence electrons. The van der Waals surface area contributed by atoms with Gasteiger partial charge in [0, 0.05) is 0 Å². The molecule has 2 atom stereocenters. The molecule has 0 radical (unpaired) electrons. The van der Waals surface area contributed by atoms with Crippen LogP contribution in [0.1, 0.15) is 18.1 Å². The fourth-order valence-electron chi connectivity index (χ4n) is 2.93. The van der Waals surface area contributed by atoms with Crippen LogP contribution in [0.2, 0.25) is 0 Å². The van der Waals surface area contributed by atoms with Gasteiger partial charge in [0.2, 0.25) is 5.60 Å². The van der Waals surface area contributed by atoms with Gasteiger partial charge in [-0.2, -0.15) is 0 Å². The van der Waals surface area contributed by atoms with Gasteiger partial charge in [0.05, 0.1) is 5.41 Å². The van der Waals surface area contributed by atoms with Crippen LogP contribution >= 0.6 is 0 Å². The summed E-state index contributed by atoms with van der Waals surface area (Å²) >= 11 is 0. The lowest BCUT2D eigenvalue weighted by molar-refractivity contribution is -0.192. The summed E-state index contributed by atoms with van der Waals surface area (Å²) < 4.78 is 0. The first-order valence-corrected chi connectivity index (χ1v) is 7.24. The number of aliphatic carboxylic acids is 2. The Morgan fingerprint density at radius 2 is 1.25 bits per heavy atom. The Balaban J connectivity index is 2.83. The molecule has 2 rings (SSSR count). The molecule has 0 aliphatic carbocycles. The molecule has 6 nitrogen and oxygen atoms in total. The van der Waals surface area contributed by atoms with Crippen LogP contribution in [0, 0.1) is 0 Å². The summed E-state index contributed by atoms with van der Waals surface area (Å²) in [7, 11) is 0. The first kappa shape index (κ1) is 17.7. The molecular formula is C18H18O6. The van der Waals surface area contributed by atoms with E-state index in [-0.39, 0.29) is 0 Å². The summed E-state index contributed by atoms with van der Waals surface area (Å²) in [6, 6.07) is 16.3. The van der Waals surface area contributed by atoms with Crippen molar-refractivity contribution in [3.63, 3.8) is 0 Å². The predicted octanol–water partition coefficient (Wildman–Crippen LogP) is 1.25. The van der Waals surface area contributed by atoms with Gasteiger partial charge in [-0.1, -0.05) is 60.7 Å². The minimum Gasteiger partial charge on any atom is -0.479 e. The highest BCUT2D eigenvalue weighted by Gasteiger charge is 2.61. The number of aliphatic hydroxyl groups is 2. The summed E-state index contributed by atoms with van der Waals surface area (Å²) in [5, 5.41) is 39.8. The van der Waals surface area contributed by atoms with Crippen molar-refractivity contribution in [2.45, 2.75) is 24.0 Å². The third-order valence-electron chi connectivity index (χ3n) is 4.42. The summed E-state index contributed by atoms with van der Waals surface area (Å²) in [5.41, 5.74) is -3.97. The van der Waals surface area contributed by atoms with E-state index in [1.165, 1.54) is 6.92 Å². The number of rotatable bonds is 6. The van der Waals surface area contributed by atoms with E-state index in [4.69, 9.17) is 5.11 Å². The lowest BCUT2D eigenvalue weighted by atomic mass is 9.62. The van der Waals surface area contributed by atoms with Crippen LogP contribution in [0.15, 0.2) is 60.7 Å². The average Bonchev–Trinajstić information content (AvgIpc) is 2.60. The molecule has 2 aromatic carbocycles. The van der Waals surface area contributed by atoms with Gasteiger partial charge >= 0.3 is 11.9 Å². The number of benzene rings is 2. The number of aliphatic hydroxyl groups excluding tert-OH is 1. The van der Waals surface area contributed by atoms with Gasteiger partial charge in [-0.05, 0) is 18.1 Å². The largest absolute Gasteiger partial charge is 0.479 e. The van der Waals surface area contributed by atoms with Gasteiger partial charge in [0.15, 0.2) is 6.10 Å². The molecule has 0 bridgehead atoms. The van der Waals surface area contributed by atoms with E-state index in [0.29, 0.717) is 11.1 Å². The van der Waals surface area contributed by atoms with Crippen molar-refractivity contribution in [2.75, 3.05) is 0 Å². The fraction of sp³-hybridized carbons (Fsp3) is 0.222. The molecule has 2 aromatic rings. The smallest absolute Gasteiger partial charge is 0.340 e. The van der Waals surface area contributed by atoms with Crippen LogP contribution in [0.25, 0.3) is 0 Å². The molecule has 6 heteroatoms. The first-order chi connectivity index (χ1) is 11.3. The van der Waals surface area contributed by atoms with E-state index in [2.05, 4.69) is 0 Å². The molecular weight excluding hydrogens is 312 g/mol. The third kappa shape index (κ3) is 2.55. The Hall–Kier alpha value is -2.70. The quantitative estimate of drug-likeness (QED) is 0.634. The maximum Gasteiger partial charge on any atom is 0.340 e. The molecule has 0 amide bonds. The average molecular weight is 330 g/mol. The van der Waals surface area contributed by atoms with E-state index in [1.54, 1.807) is 60.7 Å². The zero-order valence-corrected chi connectivity index (χ0v) is 13.0. The van der Waals surface area contributed by atoms with Crippen LogP contribution in [-0.4, -0.2) is 44.1 Å². The highest BCUT2D eigenvalue weighted by atomic mass is 16.4. The predicted molar refractivity (Wildman–Crippen MR) is 85.6 cm³/mol. The molecule has 0 aliphatic heterocycles. The Labute approximate surface area is 138 Å². The molecule has 0 spiro atoms. The van der Waals surface area contributed by atoms with Crippen molar-refractivity contribution in [2.24, 2.45) is 0 Å². The molecule has 4 N–H and O–H groups in total. The second-order valence-corrected chi connectivity index (χ2v) is 5.67. The second kappa shape index (κ2) is 6.43. The standard InChI is InChI=1S/C18H18O6/c1-17(12-8-4-2-5-9-12,13-10-6-3-7-11-13)18(24,16(22)23)14(19)15(20)21/h2-11,14,19,24H,1H3,(H,20,21)(H,22,23). The van der Waals surface area contributed by atoms with E-state index in [9.17, 15) is 24.9 Å². The highest BCUT2D eigenvalue weighted by molar-refractivity contribution is 5.90. The van der Waals surface area contributed by atoms with Crippen LogP contribution in [-0.2, 0) is 15.0 Å². The first-order valence-electron chi connectivity index (χ1n) is 7.24. The van der Waals surface area contributed by atoms with Crippen molar-refractivity contribution in [3.05, 3.63) is 71.8 Å². The molecule has 0 saturated heterocycles. The lowest BCUT2D eigenvalue weighted by Crippen LogP contribution is -2.65. The van der Waals surface area contributed by atoms with Crippen molar-refractivity contribution < 1.29 is 30.0 Å². The lowest BCUT2D eigenvalue weighted by Gasteiger charge is -2.44. The van der Waals surface area contributed by atoms with Crippen molar-refractivity contribution in [1.29, 1.82) is 0 Å². The minimum absolute atomic E-state index is 0.362. The van der Waals surface area contributed by atoms with Crippen LogP contribution in [0.5, 0.6) is 0 Å². The number of carboxylic acid groups (broad SMARTS) is 2. The Bertz CT molecular complexity index is 688. The van der Waals surface area contributed by atoms with Crippen molar-refractivity contribution >= 4 is 11.9 Å². The number of carbonyl (C=O) groups is 2. The van der Waals surface area contributed by atoms with E-state index in [0.717, 1.165) is 0 Å². The second-order valence-electron chi connectivity index (χ2n) is 5.67. The summed E-state index contributed by atoms with van der Waals surface area (Å²) in [4.78, 5) is 23.2. The molecule has 0 aliphatic rings. The Morgan fingerprint density at radius 1 is 0.875 bits per heavy atom. The summed E-state index contributed by atoms with van der Waals surface area (Å²) in [6.07, 6.45) is -2.53. The maximum atomic E-state index is 11.9. The van der Waals surface area contributed by atoms with Crippen molar-refractivity contribution in [3.8, 4) is 0 Å². The van der Waals surface area contributed by atoms with E-state index < -0.39 is 29.1 Å². The number of hydrogen-bond donors (Lipinski definition) is 4.